The van der Waals surface area contributed by atoms with E-state index in [9.17, 15) is 27.6 Å². The molecule has 2 bridgehead atoms. The van der Waals surface area contributed by atoms with Crippen LogP contribution in [-0.4, -0.2) is 89.7 Å². The number of esters is 1. The zero-order valence-corrected chi connectivity index (χ0v) is 36.5. The number of sulfonamides is 1. The van der Waals surface area contributed by atoms with Crippen molar-refractivity contribution in [1.82, 2.24) is 25.2 Å². The first kappa shape index (κ1) is 43.7. The number of nitrogens with one attached hydrogen (secondary N) is 3. The fraction of sp³-hybridized carbons (Fsp3) is 0.609. The molecule has 334 valence electrons. The molecule has 0 unspecified atom stereocenters. The lowest BCUT2D eigenvalue weighted by Crippen LogP contribution is -2.59. The molecule has 3 N–H and O–H groups in total. The molecular formula is C46H59N5O10S. The van der Waals surface area contributed by atoms with Crippen LogP contribution in [0.25, 0.3) is 10.9 Å². The van der Waals surface area contributed by atoms with Crippen molar-refractivity contribution in [3.05, 3.63) is 54.6 Å². The van der Waals surface area contributed by atoms with E-state index in [1.54, 1.807) is 6.07 Å². The number of hydrogen-bond donors (Lipinski definition) is 3. The summed E-state index contributed by atoms with van der Waals surface area (Å²) >= 11 is 0. The molecule has 62 heavy (non-hydrogen) atoms. The number of nitrogens with zero attached hydrogens (tertiary/aromatic N) is 2. The van der Waals surface area contributed by atoms with Crippen LogP contribution in [0.3, 0.4) is 0 Å². The zero-order chi connectivity index (χ0) is 43.8. The molecule has 1 aromatic heterocycles. The van der Waals surface area contributed by atoms with E-state index in [2.05, 4.69) is 28.0 Å². The summed E-state index contributed by atoms with van der Waals surface area (Å²) < 4.78 is 46.9. The van der Waals surface area contributed by atoms with Gasteiger partial charge in [0.15, 0.2) is 0 Å². The molecule has 0 radical (unpaired) electrons. The molecule has 2 aromatic rings. The van der Waals surface area contributed by atoms with Crippen LogP contribution < -0.4 is 24.8 Å². The molecule has 5 fully saturated rings. The summed E-state index contributed by atoms with van der Waals surface area (Å²) in [6.45, 7) is 7.63. The Balaban J connectivity index is 1.17. The number of alkyl carbamates (subject to hydrolysis) is 1. The molecule has 4 saturated carbocycles. The normalized spacial score (nSPS) is 29.4. The molecule has 16 heteroatoms. The molecule has 4 aliphatic carbocycles. The van der Waals surface area contributed by atoms with Crippen LogP contribution in [0.1, 0.15) is 109 Å². The summed E-state index contributed by atoms with van der Waals surface area (Å²) in [6, 6.07) is 5.15. The maximum absolute atomic E-state index is 15.0. The van der Waals surface area contributed by atoms with Crippen LogP contribution in [0.4, 0.5) is 4.79 Å². The minimum Gasteiger partial charge on any atom is -0.472 e. The van der Waals surface area contributed by atoms with E-state index in [4.69, 9.17) is 19.2 Å². The largest absolute Gasteiger partial charge is 0.472 e. The van der Waals surface area contributed by atoms with E-state index in [0.717, 1.165) is 44.9 Å². The fourth-order valence-electron chi connectivity index (χ4n) is 9.90. The van der Waals surface area contributed by atoms with Crippen LogP contribution in [0, 0.1) is 23.7 Å². The maximum atomic E-state index is 15.0. The van der Waals surface area contributed by atoms with Gasteiger partial charge in [0, 0.05) is 24.1 Å². The van der Waals surface area contributed by atoms with Gasteiger partial charge >= 0.3 is 12.1 Å². The second kappa shape index (κ2) is 18.0. The summed E-state index contributed by atoms with van der Waals surface area (Å²) in [5.74, 6) is -2.42. The number of carbonyl (C=O) groups excluding carboxylic acids is 5. The lowest BCUT2D eigenvalue weighted by atomic mass is 9.96. The lowest BCUT2D eigenvalue weighted by molar-refractivity contribution is -0.142. The predicted molar refractivity (Wildman–Crippen MR) is 229 cm³/mol. The van der Waals surface area contributed by atoms with E-state index in [0.29, 0.717) is 54.3 Å². The number of allylic oxidation sites excluding steroid dienone is 2. The number of hydrogen-bond acceptors (Lipinski definition) is 11. The SMILES string of the molecule is C=C[C@@H]1C[C@]1(NC(=O)[C@@H]1C[C@@H]2CN1C(=O)[C@H](C1CCCC1)NC(=O)O[C@@H]1CCC[C@H]1CCC=CCc1c(nc3ccccc3c1OC(=O)CC(C)C)O2)C(=O)NS(=O)(=O)C1CC1. The summed E-state index contributed by atoms with van der Waals surface area (Å²) in [4.78, 5) is 76.8. The molecule has 7 atom stereocenters. The highest BCUT2D eigenvalue weighted by Gasteiger charge is 2.62. The first-order valence-electron chi connectivity index (χ1n) is 22.5. The third kappa shape index (κ3) is 9.35. The molecule has 4 amide bonds. The minimum atomic E-state index is -3.93. The monoisotopic (exact) mass is 873 g/mol. The smallest absolute Gasteiger partial charge is 0.408 e. The van der Waals surface area contributed by atoms with Crippen molar-refractivity contribution in [2.75, 3.05) is 6.54 Å². The van der Waals surface area contributed by atoms with Crippen molar-refractivity contribution >= 4 is 50.7 Å². The number of amides is 4. The number of para-hydroxylation sites is 1. The van der Waals surface area contributed by atoms with Crippen molar-refractivity contribution in [1.29, 1.82) is 0 Å². The number of aromatic nitrogens is 1. The molecule has 6 aliphatic rings. The Morgan fingerprint density at radius 2 is 1.77 bits per heavy atom. The van der Waals surface area contributed by atoms with Gasteiger partial charge in [-0.2, -0.15) is 0 Å². The van der Waals surface area contributed by atoms with Crippen LogP contribution in [0.5, 0.6) is 11.6 Å². The number of fused-ring (bicyclic) bond motifs is 5. The van der Waals surface area contributed by atoms with Crippen LogP contribution in [0.15, 0.2) is 49.1 Å². The van der Waals surface area contributed by atoms with Crippen molar-refractivity contribution < 1.29 is 46.6 Å². The average molecular weight is 874 g/mol. The van der Waals surface area contributed by atoms with Gasteiger partial charge in [0.05, 0.1) is 22.9 Å². The standard InChI is InChI=1S/C46H59N5O10S/c1-4-30-25-46(30,44(55)50-62(57,58)32-21-22-32)49-41(53)36-24-31-26-51(36)43(54)39(29-14-8-9-15-29)48-45(56)60-37-20-12-16-28(37)13-6-5-7-18-34-40(61-38(52)23-27(2)3)33-17-10-11-19-35(33)47-42(34)59-31/h4-5,7,10-11,17,19,27-32,36-37,39H,1,6,8-9,12-16,18,20-26H2,2-3H3,(H,48,56)(H,49,53)(H,50,55)/t28-,30-,31-,36+,37-,39+,46-/m1/s1. The third-order valence-electron chi connectivity index (χ3n) is 13.5. The van der Waals surface area contributed by atoms with Gasteiger partial charge in [-0.1, -0.05) is 57.0 Å². The predicted octanol–water partition coefficient (Wildman–Crippen LogP) is 5.55. The first-order valence-corrected chi connectivity index (χ1v) is 24.0. The third-order valence-corrected chi connectivity index (χ3v) is 15.3. The molecule has 3 heterocycles. The van der Waals surface area contributed by atoms with Gasteiger partial charge in [-0.05, 0) is 101 Å². The average Bonchev–Trinajstić information content (AvgIpc) is 4.02. The van der Waals surface area contributed by atoms with Gasteiger partial charge in [-0.25, -0.2) is 18.2 Å². The summed E-state index contributed by atoms with van der Waals surface area (Å²) in [5, 5.41) is 5.76. The Hall–Kier alpha value is -4.99. The van der Waals surface area contributed by atoms with E-state index in [1.165, 1.54) is 11.0 Å². The number of rotatable bonds is 10. The second-order valence-corrected chi connectivity index (χ2v) is 20.5. The molecular weight excluding hydrogens is 815 g/mol. The van der Waals surface area contributed by atoms with Gasteiger partial charge in [-0.15, -0.1) is 6.58 Å². The van der Waals surface area contributed by atoms with E-state index in [1.807, 2.05) is 38.1 Å². The Labute approximate surface area is 363 Å². The van der Waals surface area contributed by atoms with Crippen molar-refractivity contribution in [2.45, 2.75) is 145 Å². The quantitative estimate of drug-likeness (QED) is 0.200. The first-order chi connectivity index (χ1) is 29.8. The number of pyridine rings is 1. The zero-order valence-electron chi connectivity index (χ0n) is 35.6. The summed E-state index contributed by atoms with van der Waals surface area (Å²) in [7, 11) is -3.93. The number of ether oxygens (including phenoxy) is 3. The molecule has 0 spiro atoms. The van der Waals surface area contributed by atoms with Gasteiger partial charge in [0.2, 0.25) is 27.7 Å². The highest BCUT2D eigenvalue weighted by molar-refractivity contribution is 7.91. The fourth-order valence-corrected chi connectivity index (χ4v) is 11.3. The summed E-state index contributed by atoms with van der Waals surface area (Å²) in [5.41, 5.74) is -0.513. The molecule has 1 saturated heterocycles. The van der Waals surface area contributed by atoms with Gasteiger partial charge in [0.25, 0.3) is 5.91 Å². The highest BCUT2D eigenvalue weighted by atomic mass is 32.2. The Morgan fingerprint density at radius 3 is 2.50 bits per heavy atom. The lowest BCUT2D eigenvalue weighted by Gasteiger charge is -2.32. The second-order valence-electron chi connectivity index (χ2n) is 18.5. The molecule has 15 nitrogen and oxygen atoms in total. The molecule has 1 aromatic carbocycles. The topological polar surface area (TPSA) is 199 Å². The minimum absolute atomic E-state index is 0.0216. The van der Waals surface area contributed by atoms with Gasteiger partial charge < -0.3 is 29.7 Å². The van der Waals surface area contributed by atoms with E-state index >= 15 is 4.79 Å². The highest BCUT2D eigenvalue weighted by Crippen LogP contribution is 2.46. The van der Waals surface area contributed by atoms with E-state index in [-0.39, 0.29) is 55.5 Å². The maximum Gasteiger partial charge on any atom is 0.408 e. The Kier molecular flexibility index (Phi) is 12.7. The van der Waals surface area contributed by atoms with Crippen molar-refractivity contribution in [3.63, 3.8) is 0 Å². The van der Waals surface area contributed by atoms with Crippen LogP contribution in [-0.2, 0) is 40.4 Å². The Bertz CT molecular complexity index is 2240. The van der Waals surface area contributed by atoms with Crippen molar-refractivity contribution in [3.8, 4) is 11.6 Å². The molecule has 8 rings (SSSR count). The van der Waals surface area contributed by atoms with Crippen molar-refractivity contribution in [2.24, 2.45) is 23.7 Å². The van der Waals surface area contributed by atoms with Crippen LogP contribution >= 0.6 is 0 Å². The number of benzene rings is 1. The summed E-state index contributed by atoms with van der Waals surface area (Å²) in [6.07, 6.45) is 12.5. The number of carbonyl (C=O) groups is 5. The van der Waals surface area contributed by atoms with Gasteiger partial charge in [-0.3, -0.25) is 23.9 Å². The Morgan fingerprint density at radius 1 is 1.02 bits per heavy atom. The van der Waals surface area contributed by atoms with Gasteiger partial charge in [0.1, 0.15) is 35.6 Å². The molecule has 2 aliphatic heterocycles. The van der Waals surface area contributed by atoms with E-state index < -0.39 is 74.7 Å². The van der Waals surface area contributed by atoms with Crippen LogP contribution in [0.2, 0.25) is 0 Å².